The molecule has 3 rings (SSSR count). The molecule has 0 aliphatic heterocycles. The highest BCUT2D eigenvalue weighted by atomic mass is 16.4. The van der Waals surface area contributed by atoms with Gasteiger partial charge in [-0.2, -0.15) is 10.1 Å². The first-order chi connectivity index (χ1) is 11.4. The summed E-state index contributed by atoms with van der Waals surface area (Å²) in [6, 6.07) is 2.96. The Labute approximate surface area is 132 Å². The van der Waals surface area contributed by atoms with E-state index in [4.69, 9.17) is 9.52 Å². The zero-order valence-electron chi connectivity index (χ0n) is 12.6. The summed E-state index contributed by atoms with van der Waals surface area (Å²) in [6.07, 6.45) is 1.31. The molecule has 0 saturated carbocycles. The number of furan rings is 1. The molecule has 0 atom stereocenters. The second-order valence-electron chi connectivity index (χ2n) is 4.84. The number of hydrogen-bond donors (Lipinski definition) is 3. The molecule has 0 aromatic carbocycles. The van der Waals surface area contributed by atoms with Gasteiger partial charge in [0.25, 0.3) is 5.56 Å². The quantitative estimate of drug-likeness (QED) is 0.429. The number of carbonyl (C=O) groups is 1. The SMILES string of the molecule is Cn1c(=O)c2[nH]c(N/N=C(\C(=O)O)c3ccco3)nc2n(C)c1=O. The minimum Gasteiger partial charge on any atom is -0.476 e. The van der Waals surface area contributed by atoms with Crippen LogP contribution in [0.4, 0.5) is 5.95 Å². The summed E-state index contributed by atoms with van der Waals surface area (Å²) >= 11 is 0. The lowest BCUT2D eigenvalue weighted by atomic mass is 10.3. The monoisotopic (exact) mass is 332 g/mol. The van der Waals surface area contributed by atoms with Crippen molar-refractivity contribution in [1.29, 1.82) is 0 Å². The van der Waals surface area contributed by atoms with Crippen molar-refractivity contribution in [2.24, 2.45) is 19.2 Å². The van der Waals surface area contributed by atoms with E-state index in [2.05, 4.69) is 20.5 Å². The van der Waals surface area contributed by atoms with Crippen molar-refractivity contribution in [3.63, 3.8) is 0 Å². The van der Waals surface area contributed by atoms with Crippen LogP contribution in [-0.2, 0) is 18.9 Å². The standard InChI is InChI=1S/C13H12N6O5/c1-18-9-8(10(20)19(2)13(18)23)14-12(15-9)17-16-7(11(21)22)6-4-3-5-24-6/h3-5H,1-2H3,(H,21,22)(H2,14,15,17)/b16-7-. The van der Waals surface area contributed by atoms with E-state index in [-0.39, 0.29) is 28.6 Å². The van der Waals surface area contributed by atoms with Gasteiger partial charge in [-0.3, -0.25) is 13.9 Å². The molecule has 3 N–H and O–H groups in total. The molecule has 0 spiro atoms. The summed E-state index contributed by atoms with van der Waals surface area (Å²) in [5, 5.41) is 12.9. The zero-order chi connectivity index (χ0) is 17.4. The third kappa shape index (κ3) is 2.37. The zero-order valence-corrected chi connectivity index (χ0v) is 12.6. The van der Waals surface area contributed by atoms with Crippen LogP contribution >= 0.6 is 0 Å². The van der Waals surface area contributed by atoms with Crippen molar-refractivity contribution < 1.29 is 14.3 Å². The molecule has 0 bridgehead atoms. The van der Waals surface area contributed by atoms with Gasteiger partial charge in [0.1, 0.15) is 0 Å². The van der Waals surface area contributed by atoms with Gasteiger partial charge in [0.05, 0.1) is 6.26 Å². The fraction of sp³-hybridized carbons (Fsp3) is 0.154. The first-order valence-electron chi connectivity index (χ1n) is 6.66. The number of imidazole rings is 1. The molecule has 11 heteroatoms. The molecule has 0 amide bonds. The number of anilines is 1. The number of nitrogens with zero attached hydrogens (tertiary/aromatic N) is 4. The van der Waals surface area contributed by atoms with Gasteiger partial charge >= 0.3 is 11.7 Å². The topological polar surface area (TPSA) is 148 Å². The Morgan fingerprint density at radius 1 is 1.38 bits per heavy atom. The highest BCUT2D eigenvalue weighted by molar-refractivity contribution is 6.41. The van der Waals surface area contributed by atoms with Crippen LogP contribution in [-0.4, -0.2) is 35.9 Å². The number of carboxylic acid groups (broad SMARTS) is 1. The van der Waals surface area contributed by atoms with E-state index in [1.165, 1.54) is 37.1 Å². The second kappa shape index (κ2) is 5.53. The minimum absolute atomic E-state index is 0.00797. The largest absolute Gasteiger partial charge is 0.476 e. The number of fused-ring (bicyclic) bond motifs is 1. The van der Waals surface area contributed by atoms with Crippen LogP contribution in [0.1, 0.15) is 5.76 Å². The first-order valence-corrected chi connectivity index (χ1v) is 6.66. The Morgan fingerprint density at radius 3 is 2.75 bits per heavy atom. The summed E-state index contributed by atoms with van der Waals surface area (Å²) in [7, 11) is 2.80. The number of aromatic amines is 1. The normalized spacial score (nSPS) is 11.8. The van der Waals surface area contributed by atoms with Crippen LogP contribution in [0, 0.1) is 0 Å². The van der Waals surface area contributed by atoms with Crippen LogP contribution in [0.15, 0.2) is 37.5 Å². The average Bonchev–Trinajstić information content (AvgIpc) is 3.20. The van der Waals surface area contributed by atoms with Gasteiger partial charge in [0.15, 0.2) is 16.9 Å². The van der Waals surface area contributed by atoms with E-state index in [1.807, 2.05) is 0 Å². The van der Waals surface area contributed by atoms with Crippen molar-refractivity contribution in [3.05, 3.63) is 45.0 Å². The summed E-state index contributed by atoms with van der Waals surface area (Å²) < 4.78 is 7.11. The van der Waals surface area contributed by atoms with Crippen LogP contribution in [0.2, 0.25) is 0 Å². The number of hydrogen-bond acceptors (Lipinski definition) is 7. The van der Waals surface area contributed by atoms with Crippen LogP contribution in [0.25, 0.3) is 11.2 Å². The van der Waals surface area contributed by atoms with Gasteiger partial charge in [0.2, 0.25) is 11.7 Å². The number of nitrogens with one attached hydrogen (secondary N) is 2. The van der Waals surface area contributed by atoms with Gasteiger partial charge in [0, 0.05) is 14.1 Å². The molecule has 0 unspecified atom stereocenters. The smallest absolute Gasteiger partial charge is 0.360 e. The number of carboxylic acids is 1. The fourth-order valence-electron chi connectivity index (χ4n) is 2.11. The number of rotatable bonds is 4. The summed E-state index contributed by atoms with van der Waals surface area (Å²) in [5.74, 6) is -1.25. The maximum absolute atomic E-state index is 12.1. The van der Waals surface area contributed by atoms with Crippen molar-refractivity contribution in [2.45, 2.75) is 0 Å². The summed E-state index contributed by atoms with van der Waals surface area (Å²) in [6.45, 7) is 0. The summed E-state index contributed by atoms with van der Waals surface area (Å²) in [4.78, 5) is 41.8. The minimum atomic E-state index is -1.31. The lowest BCUT2D eigenvalue weighted by Crippen LogP contribution is -2.36. The van der Waals surface area contributed by atoms with Crippen molar-refractivity contribution in [1.82, 2.24) is 19.1 Å². The van der Waals surface area contributed by atoms with E-state index in [9.17, 15) is 14.4 Å². The molecule has 24 heavy (non-hydrogen) atoms. The Kier molecular flexibility index (Phi) is 3.52. The number of aryl methyl sites for hydroxylation is 1. The van der Waals surface area contributed by atoms with Gasteiger partial charge in [-0.1, -0.05) is 0 Å². The van der Waals surface area contributed by atoms with Crippen molar-refractivity contribution >= 4 is 28.8 Å². The number of H-pyrrole nitrogens is 1. The predicted molar refractivity (Wildman–Crippen MR) is 83.1 cm³/mol. The molecule has 11 nitrogen and oxygen atoms in total. The molecular weight excluding hydrogens is 320 g/mol. The predicted octanol–water partition coefficient (Wildman–Crippen LogP) is -0.546. The van der Waals surface area contributed by atoms with Gasteiger partial charge in [-0.05, 0) is 12.1 Å². The molecule has 0 radical (unpaired) electrons. The molecule has 0 fully saturated rings. The van der Waals surface area contributed by atoms with Gasteiger partial charge in [-0.15, -0.1) is 0 Å². The molecule has 3 aromatic heterocycles. The van der Waals surface area contributed by atoms with E-state index >= 15 is 0 Å². The molecule has 124 valence electrons. The van der Waals surface area contributed by atoms with Crippen molar-refractivity contribution in [3.8, 4) is 0 Å². The first kappa shape index (κ1) is 15.3. The van der Waals surface area contributed by atoms with Crippen LogP contribution in [0.3, 0.4) is 0 Å². The Hall–Kier alpha value is -3.63. The lowest BCUT2D eigenvalue weighted by Gasteiger charge is -2.00. The Balaban J connectivity index is 2.05. The molecular formula is C13H12N6O5. The third-order valence-corrected chi connectivity index (χ3v) is 3.33. The van der Waals surface area contributed by atoms with E-state index in [1.54, 1.807) is 0 Å². The van der Waals surface area contributed by atoms with Crippen LogP contribution in [0.5, 0.6) is 0 Å². The van der Waals surface area contributed by atoms with Crippen molar-refractivity contribution in [2.75, 3.05) is 5.43 Å². The third-order valence-electron chi connectivity index (χ3n) is 3.33. The second-order valence-corrected chi connectivity index (χ2v) is 4.84. The number of aromatic nitrogens is 4. The maximum Gasteiger partial charge on any atom is 0.360 e. The maximum atomic E-state index is 12.1. The molecule has 0 aliphatic carbocycles. The van der Waals surface area contributed by atoms with E-state index in [0.29, 0.717) is 0 Å². The van der Waals surface area contributed by atoms with Crippen LogP contribution < -0.4 is 16.7 Å². The lowest BCUT2D eigenvalue weighted by molar-refractivity contribution is -0.129. The van der Waals surface area contributed by atoms with Gasteiger partial charge in [-0.25, -0.2) is 15.0 Å². The van der Waals surface area contributed by atoms with E-state index < -0.39 is 17.2 Å². The molecule has 0 aliphatic rings. The number of aliphatic carboxylic acids is 1. The molecule has 3 aromatic rings. The molecule has 3 heterocycles. The summed E-state index contributed by atoms with van der Waals surface area (Å²) in [5.41, 5.74) is 1.17. The average molecular weight is 332 g/mol. The number of hydrazone groups is 1. The molecule has 0 saturated heterocycles. The highest BCUT2D eigenvalue weighted by Crippen LogP contribution is 2.09. The van der Waals surface area contributed by atoms with Gasteiger partial charge < -0.3 is 14.5 Å². The Bertz CT molecular complexity index is 1070. The van der Waals surface area contributed by atoms with E-state index in [0.717, 1.165) is 4.57 Å². The Morgan fingerprint density at radius 2 is 2.12 bits per heavy atom. The highest BCUT2D eigenvalue weighted by Gasteiger charge is 2.17. The fourth-order valence-corrected chi connectivity index (χ4v) is 2.11.